The standard InChI is InChI=1S/C20H25N3O4/c1-3-18-21-9-11-22(18)10-8-19(24)23-12-15(16(13-23)20(25)26)14-6-4-5-7-17(14)27-2/h4-7,9,11,15-16H,3,8,10,12-13H2,1-2H3,(H,25,26)/t15-,16+/m1/s1. The highest BCUT2D eigenvalue weighted by Crippen LogP contribution is 2.37. The molecular weight excluding hydrogens is 346 g/mol. The van der Waals surface area contributed by atoms with Crippen molar-refractivity contribution in [2.24, 2.45) is 5.92 Å². The molecule has 27 heavy (non-hydrogen) atoms. The highest BCUT2D eigenvalue weighted by Gasteiger charge is 2.41. The van der Waals surface area contributed by atoms with Gasteiger partial charge in [0.2, 0.25) is 5.91 Å². The molecule has 1 aromatic heterocycles. The van der Waals surface area contributed by atoms with Crippen LogP contribution in [0.1, 0.15) is 30.7 Å². The lowest BCUT2D eigenvalue weighted by atomic mass is 9.88. The number of carbonyl (C=O) groups excluding carboxylic acids is 1. The lowest BCUT2D eigenvalue weighted by Crippen LogP contribution is -2.30. The maximum atomic E-state index is 12.7. The number of carboxylic acid groups (broad SMARTS) is 1. The molecule has 144 valence electrons. The average Bonchev–Trinajstić information content (AvgIpc) is 3.32. The van der Waals surface area contributed by atoms with Crippen LogP contribution < -0.4 is 4.74 Å². The molecule has 1 aliphatic rings. The number of aromatic nitrogens is 2. The van der Waals surface area contributed by atoms with Crippen molar-refractivity contribution in [2.45, 2.75) is 32.2 Å². The van der Waals surface area contributed by atoms with Crippen LogP contribution in [0.2, 0.25) is 0 Å². The Morgan fingerprint density at radius 2 is 2.07 bits per heavy atom. The van der Waals surface area contributed by atoms with E-state index in [1.165, 1.54) is 0 Å². The molecule has 1 N–H and O–H groups in total. The first-order valence-corrected chi connectivity index (χ1v) is 9.18. The second-order valence-corrected chi connectivity index (χ2v) is 6.73. The molecule has 0 radical (unpaired) electrons. The van der Waals surface area contributed by atoms with E-state index in [4.69, 9.17) is 4.74 Å². The van der Waals surface area contributed by atoms with Gasteiger partial charge in [-0.15, -0.1) is 0 Å². The molecule has 0 aliphatic carbocycles. The number of ether oxygens (including phenoxy) is 1. The number of carbonyl (C=O) groups is 2. The van der Waals surface area contributed by atoms with Crippen LogP contribution in [-0.2, 0) is 22.6 Å². The smallest absolute Gasteiger partial charge is 0.308 e. The van der Waals surface area contributed by atoms with Gasteiger partial charge in [-0.05, 0) is 11.6 Å². The molecule has 3 rings (SSSR count). The van der Waals surface area contributed by atoms with Gasteiger partial charge in [0.15, 0.2) is 0 Å². The summed E-state index contributed by atoms with van der Waals surface area (Å²) in [6.45, 7) is 3.19. The van der Waals surface area contributed by atoms with Crippen molar-refractivity contribution < 1.29 is 19.4 Å². The third kappa shape index (κ3) is 3.97. The Labute approximate surface area is 158 Å². The summed E-state index contributed by atoms with van der Waals surface area (Å²) in [4.78, 5) is 30.4. The first kappa shape index (κ1) is 18.9. The summed E-state index contributed by atoms with van der Waals surface area (Å²) in [6.07, 6.45) is 4.74. The fourth-order valence-electron chi connectivity index (χ4n) is 3.78. The van der Waals surface area contributed by atoms with Gasteiger partial charge >= 0.3 is 5.97 Å². The molecule has 1 saturated heterocycles. The summed E-state index contributed by atoms with van der Waals surface area (Å²) in [5, 5.41) is 9.67. The van der Waals surface area contributed by atoms with Gasteiger partial charge in [-0.1, -0.05) is 25.1 Å². The summed E-state index contributed by atoms with van der Waals surface area (Å²) in [7, 11) is 1.57. The van der Waals surface area contributed by atoms with Crippen molar-refractivity contribution in [3.8, 4) is 5.75 Å². The van der Waals surface area contributed by atoms with E-state index in [0.717, 1.165) is 17.8 Å². The van der Waals surface area contributed by atoms with E-state index in [9.17, 15) is 14.7 Å². The minimum Gasteiger partial charge on any atom is -0.496 e. The lowest BCUT2D eigenvalue weighted by Gasteiger charge is -2.18. The fraction of sp³-hybridized carbons (Fsp3) is 0.450. The maximum Gasteiger partial charge on any atom is 0.308 e. The average molecular weight is 371 g/mol. The van der Waals surface area contributed by atoms with Crippen molar-refractivity contribution in [1.82, 2.24) is 14.5 Å². The van der Waals surface area contributed by atoms with Gasteiger partial charge in [-0.2, -0.15) is 0 Å². The molecular formula is C20H25N3O4. The minimum absolute atomic E-state index is 0.0330. The normalized spacial score (nSPS) is 19.3. The van der Waals surface area contributed by atoms with E-state index in [1.807, 2.05) is 42.0 Å². The SMILES string of the molecule is CCc1nccn1CCC(=O)N1C[C@H](C(=O)O)[C@@H](c2ccccc2OC)C1. The van der Waals surface area contributed by atoms with E-state index < -0.39 is 11.9 Å². The number of para-hydroxylation sites is 1. The van der Waals surface area contributed by atoms with Crippen LogP contribution >= 0.6 is 0 Å². The Morgan fingerprint density at radius 1 is 1.30 bits per heavy atom. The van der Waals surface area contributed by atoms with Gasteiger partial charge in [0, 0.05) is 50.8 Å². The van der Waals surface area contributed by atoms with Crippen molar-refractivity contribution in [1.29, 1.82) is 0 Å². The topological polar surface area (TPSA) is 84.7 Å². The highest BCUT2D eigenvalue weighted by atomic mass is 16.5. The van der Waals surface area contributed by atoms with E-state index in [1.54, 1.807) is 18.2 Å². The number of nitrogens with zero attached hydrogens (tertiary/aromatic N) is 3. The predicted molar refractivity (Wildman–Crippen MR) is 99.7 cm³/mol. The van der Waals surface area contributed by atoms with Crippen LogP contribution in [0, 0.1) is 5.92 Å². The Balaban J connectivity index is 1.72. The Kier molecular flexibility index (Phi) is 5.78. The van der Waals surface area contributed by atoms with E-state index in [-0.39, 0.29) is 18.4 Å². The number of imidazole rings is 1. The lowest BCUT2D eigenvalue weighted by molar-refractivity contribution is -0.141. The molecule has 2 heterocycles. The van der Waals surface area contributed by atoms with Crippen molar-refractivity contribution in [3.05, 3.63) is 48.0 Å². The number of carboxylic acids is 1. The van der Waals surface area contributed by atoms with Crippen LogP contribution in [0.4, 0.5) is 0 Å². The van der Waals surface area contributed by atoms with Gasteiger partial charge in [0.25, 0.3) is 0 Å². The second kappa shape index (κ2) is 8.24. The zero-order valence-electron chi connectivity index (χ0n) is 15.7. The largest absolute Gasteiger partial charge is 0.496 e. The van der Waals surface area contributed by atoms with Gasteiger partial charge in [-0.3, -0.25) is 9.59 Å². The molecule has 1 fully saturated rings. The summed E-state index contributed by atoms with van der Waals surface area (Å²) < 4.78 is 7.37. The number of aliphatic carboxylic acids is 1. The molecule has 7 nitrogen and oxygen atoms in total. The van der Waals surface area contributed by atoms with Crippen molar-refractivity contribution >= 4 is 11.9 Å². The van der Waals surface area contributed by atoms with Crippen molar-refractivity contribution in [3.63, 3.8) is 0 Å². The van der Waals surface area contributed by atoms with E-state index in [0.29, 0.717) is 25.3 Å². The fourth-order valence-corrected chi connectivity index (χ4v) is 3.78. The third-order valence-electron chi connectivity index (χ3n) is 5.21. The van der Waals surface area contributed by atoms with Crippen LogP contribution in [0.15, 0.2) is 36.7 Å². The zero-order valence-corrected chi connectivity index (χ0v) is 15.7. The van der Waals surface area contributed by atoms with Gasteiger partial charge in [-0.25, -0.2) is 4.98 Å². The first-order valence-electron chi connectivity index (χ1n) is 9.18. The highest BCUT2D eigenvalue weighted by molar-refractivity contribution is 5.79. The third-order valence-corrected chi connectivity index (χ3v) is 5.21. The van der Waals surface area contributed by atoms with Crippen LogP contribution in [-0.4, -0.2) is 51.6 Å². The number of hydrogen-bond donors (Lipinski definition) is 1. The predicted octanol–water partition coefficient (Wildman–Crippen LogP) is 2.17. The Bertz CT molecular complexity index is 817. The quantitative estimate of drug-likeness (QED) is 0.806. The van der Waals surface area contributed by atoms with Gasteiger partial charge in [0.1, 0.15) is 11.6 Å². The molecule has 7 heteroatoms. The minimum atomic E-state index is -0.885. The number of hydrogen-bond acceptors (Lipinski definition) is 4. The van der Waals surface area contributed by atoms with Gasteiger partial charge in [0.05, 0.1) is 13.0 Å². The summed E-state index contributed by atoms with van der Waals surface area (Å²) in [5.41, 5.74) is 0.838. The Hall–Kier alpha value is -2.83. The number of likely N-dealkylation sites (tertiary alicyclic amines) is 1. The van der Waals surface area contributed by atoms with Crippen LogP contribution in [0.5, 0.6) is 5.75 Å². The molecule has 0 unspecified atom stereocenters. The molecule has 0 saturated carbocycles. The number of methoxy groups -OCH3 is 1. The number of benzene rings is 1. The number of rotatable bonds is 7. The molecule has 1 amide bonds. The summed E-state index contributed by atoms with van der Waals surface area (Å²) >= 11 is 0. The number of aryl methyl sites for hydroxylation is 2. The summed E-state index contributed by atoms with van der Waals surface area (Å²) in [5.74, 6) is -0.223. The molecule has 1 aliphatic heterocycles. The Morgan fingerprint density at radius 3 is 2.78 bits per heavy atom. The van der Waals surface area contributed by atoms with Crippen LogP contribution in [0.3, 0.4) is 0 Å². The van der Waals surface area contributed by atoms with E-state index in [2.05, 4.69) is 4.98 Å². The summed E-state index contributed by atoms with van der Waals surface area (Å²) in [6, 6.07) is 7.43. The number of amides is 1. The maximum absolute atomic E-state index is 12.7. The zero-order chi connectivity index (χ0) is 19.4. The van der Waals surface area contributed by atoms with Crippen LogP contribution in [0.25, 0.3) is 0 Å². The van der Waals surface area contributed by atoms with Gasteiger partial charge < -0.3 is 19.3 Å². The second-order valence-electron chi connectivity index (χ2n) is 6.73. The molecule has 2 atom stereocenters. The first-order chi connectivity index (χ1) is 13.0. The molecule has 2 aromatic rings. The molecule has 0 spiro atoms. The van der Waals surface area contributed by atoms with Crippen molar-refractivity contribution in [2.75, 3.05) is 20.2 Å². The molecule has 0 bridgehead atoms. The molecule has 1 aromatic carbocycles. The monoisotopic (exact) mass is 371 g/mol. The van der Waals surface area contributed by atoms with E-state index >= 15 is 0 Å².